The van der Waals surface area contributed by atoms with Crippen LogP contribution in [0.3, 0.4) is 0 Å². The van der Waals surface area contributed by atoms with Gasteiger partial charge in [0.2, 0.25) is 0 Å². The third-order valence-electron chi connectivity index (χ3n) is 0.642. The summed E-state index contributed by atoms with van der Waals surface area (Å²) in [6.45, 7) is 7.99. The smallest absolute Gasteiger partial charge is 0.550 e. The Bertz CT molecular complexity index is 305. The summed E-state index contributed by atoms with van der Waals surface area (Å²) in [7, 11) is 0. The van der Waals surface area contributed by atoms with Crippen LogP contribution in [-0.4, -0.2) is 99.2 Å². The number of hydrogen-bond donors (Lipinski definition) is 3. The Hall–Kier alpha value is 1.45. The van der Waals surface area contributed by atoms with Crippen LogP contribution in [-0.2, 0) is 24.0 Å². The number of nitrogens with two attached hydrogens (primary N) is 2. The maximum Gasteiger partial charge on any atom is 2.00 e. The molecule has 0 amide bonds. The average Bonchev–Trinajstić information content (AvgIpc) is 2.35. The Balaban J connectivity index is -0.0000000181. The fraction of sp³-hybridized carbons (Fsp3) is 0.643. The number of rotatable bonds is 4. The van der Waals surface area contributed by atoms with Gasteiger partial charge in [-0.25, -0.2) is 0 Å². The summed E-state index contributed by atoms with van der Waals surface area (Å²) < 4.78 is 0. The van der Waals surface area contributed by atoms with Gasteiger partial charge < -0.3 is 71.8 Å². The van der Waals surface area contributed by atoms with Crippen LogP contribution in [0.2, 0.25) is 0 Å². The van der Waals surface area contributed by atoms with Crippen molar-refractivity contribution in [1.82, 2.24) is 5.32 Å². The molecular formula is C14H30CaN3Na3O11. The molecule has 18 heteroatoms. The molecule has 0 bridgehead atoms. The Morgan fingerprint density at radius 3 is 0.719 bits per heavy atom. The summed E-state index contributed by atoms with van der Waals surface area (Å²) in [4.78, 5) is 44.4. The van der Waals surface area contributed by atoms with E-state index in [2.05, 4.69) is 5.32 Å². The molecule has 172 valence electrons. The molecule has 0 aliphatic rings. The van der Waals surface area contributed by atoms with E-state index in [0.717, 1.165) is 47.7 Å². The summed E-state index contributed by atoms with van der Waals surface area (Å²) in [6.07, 6.45) is 0. The third kappa shape index (κ3) is 982. The van der Waals surface area contributed by atoms with Gasteiger partial charge in [-0.2, -0.15) is 0 Å². The van der Waals surface area contributed by atoms with Crippen molar-refractivity contribution in [1.29, 1.82) is 0 Å². The van der Waals surface area contributed by atoms with E-state index in [1.807, 2.05) is 0 Å². The van der Waals surface area contributed by atoms with Gasteiger partial charge in [-0.1, -0.05) is 0 Å². The Morgan fingerprint density at radius 2 is 0.656 bits per heavy atom. The maximum absolute atomic E-state index is 8.89. The van der Waals surface area contributed by atoms with Gasteiger partial charge in [0, 0.05) is 56.0 Å². The van der Waals surface area contributed by atoms with Gasteiger partial charge in [0.1, 0.15) is 0 Å². The molecule has 0 spiro atoms. The monoisotopic (exact) mass is 525 g/mol. The summed E-state index contributed by atoms with van der Waals surface area (Å²) in [5.74, 6) is -5.42. The van der Waals surface area contributed by atoms with Crippen LogP contribution in [0.15, 0.2) is 0 Å². The number of aliphatic carboxylic acids is 5. The summed E-state index contributed by atoms with van der Waals surface area (Å²) >= 11 is 0. The average molecular weight is 525 g/mol. The molecule has 0 aromatic carbocycles. The summed E-state index contributed by atoms with van der Waals surface area (Å²) in [6, 6.07) is 0. The number of hydrogen-bond acceptors (Lipinski definition) is 13. The normalized spacial score (nSPS) is 5.97. The van der Waals surface area contributed by atoms with Gasteiger partial charge in [-0.3, -0.25) is 0 Å². The zero-order chi connectivity index (χ0) is 23.4. The quantitative estimate of drug-likeness (QED) is 0.227. The first-order chi connectivity index (χ1) is 12.1. The Kier molecular flexibility index (Phi) is 152. The number of nitrogens with one attached hydrogen (secondary N) is 1. The Labute approximate surface area is 284 Å². The van der Waals surface area contributed by atoms with E-state index >= 15 is 0 Å². The van der Waals surface area contributed by atoms with E-state index in [-0.39, 0.29) is 132 Å². The van der Waals surface area contributed by atoms with Gasteiger partial charge >= 0.3 is 126 Å². The zero-order valence-electron chi connectivity index (χ0n) is 20.3. The predicted molar refractivity (Wildman–Crippen MR) is 93.8 cm³/mol. The number of carbonyl (C=O) groups excluding carboxylic acids is 5. The molecule has 0 saturated carbocycles. The fourth-order valence-corrected chi connectivity index (χ4v) is 0.329. The number of carbonyl (C=O) groups is 5. The van der Waals surface area contributed by atoms with Crippen molar-refractivity contribution in [3.8, 4) is 0 Å². The van der Waals surface area contributed by atoms with Gasteiger partial charge in [0.05, 0.1) is 0 Å². The molecule has 0 aromatic heterocycles. The van der Waals surface area contributed by atoms with Crippen LogP contribution >= 0.6 is 0 Å². The molecule has 0 aliphatic carbocycles. The van der Waals surface area contributed by atoms with E-state index in [0.29, 0.717) is 13.1 Å². The predicted octanol–water partition coefficient (Wildman–Crippen LogP) is -17.9. The molecule has 32 heavy (non-hydrogen) atoms. The second kappa shape index (κ2) is 69.8. The van der Waals surface area contributed by atoms with Gasteiger partial charge in [-0.05, 0) is 34.6 Å². The minimum atomic E-state index is -1.08. The van der Waals surface area contributed by atoms with Crippen LogP contribution in [0.25, 0.3) is 0 Å². The number of carboxylic acids is 5. The topological polar surface area (TPSA) is 296 Å². The van der Waals surface area contributed by atoms with E-state index in [1.54, 1.807) is 0 Å². The van der Waals surface area contributed by atoms with E-state index in [4.69, 9.17) is 61.0 Å². The molecule has 0 atom stereocenters. The molecule has 0 aliphatic heterocycles. The molecule has 0 fully saturated rings. The van der Waals surface area contributed by atoms with Crippen LogP contribution in [0.4, 0.5) is 0 Å². The van der Waals surface area contributed by atoms with E-state index in [1.165, 1.54) is 0 Å². The van der Waals surface area contributed by atoms with Crippen molar-refractivity contribution in [2.75, 3.05) is 26.2 Å². The van der Waals surface area contributed by atoms with Crippen molar-refractivity contribution in [2.24, 2.45) is 11.5 Å². The minimum absolute atomic E-state index is 0. The van der Waals surface area contributed by atoms with Crippen molar-refractivity contribution >= 4 is 67.6 Å². The minimum Gasteiger partial charge on any atom is -0.550 e. The SMILES string of the molecule is CC(=O)[O-].CC(=O)[O-].CC(=O)[O-].CC(=O)[O-].CC(=O)[O-].NCCNCCN.O.[Ca+2].[Na+].[Na+].[Na+]. The van der Waals surface area contributed by atoms with Crippen LogP contribution in [0.5, 0.6) is 0 Å². The molecule has 0 radical (unpaired) electrons. The van der Waals surface area contributed by atoms with Crippen molar-refractivity contribution in [3.05, 3.63) is 0 Å². The molecule has 7 N–H and O–H groups in total. The van der Waals surface area contributed by atoms with Crippen LogP contribution in [0, 0.1) is 0 Å². The summed E-state index contributed by atoms with van der Waals surface area (Å²) in [5, 5.41) is 47.5. The molecule has 0 heterocycles. The molecular weight excluding hydrogens is 495 g/mol. The van der Waals surface area contributed by atoms with Crippen LogP contribution in [0.1, 0.15) is 34.6 Å². The van der Waals surface area contributed by atoms with Crippen molar-refractivity contribution in [3.63, 3.8) is 0 Å². The summed E-state index contributed by atoms with van der Waals surface area (Å²) in [5.41, 5.74) is 10.3. The van der Waals surface area contributed by atoms with E-state index in [9.17, 15) is 0 Å². The van der Waals surface area contributed by atoms with Gasteiger partial charge in [0.25, 0.3) is 0 Å². The first-order valence-electron chi connectivity index (χ1n) is 7.06. The van der Waals surface area contributed by atoms with Crippen LogP contribution < -0.4 is 131 Å². The van der Waals surface area contributed by atoms with Gasteiger partial charge in [0.15, 0.2) is 0 Å². The fourth-order valence-electron chi connectivity index (χ4n) is 0.329. The number of carboxylic acid groups (broad SMARTS) is 5. The first kappa shape index (κ1) is 69.9. The van der Waals surface area contributed by atoms with E-state index < -0.39 is 29.8 Å². The second-order valence-electron chi connectivity index (χ2n) is 3.79. The van der Waals surface area contributed by atoms with Crippen molar-refractivity contribution < 1.29 is 144 Å². The molecule has 0 saturated heterocycles. The molecule has 0 rings (SSSR count). The molecule has 14 nitrogen and oxygen atoms in total. The van der Waals surface area contributed by atoms with Crippen molar-refractivity contribution in [2.45, 2.75) is 34.6 Å². The second-order valence-corrected chi connectivity index (χ2v) is 3.79. The maximum atomic E-state index is 8.89. The molecule has 0 unspecified atom stereocenters. The molecule has 0 aromatic rings. The standard InChI is InChI=1S/C4H13N3.5C2H4O2.Ca.3Na.H2O/c5-1-3-7-4-2-6;5*1-2(3)4;;;;;/h7H,1-6H2;5*1H3,(H,3,4);;;;;1H2/q;;;;;;+2;3*+1;/p-5. The largest absolute Gasteiger partial charge is 2.00 e. The zero-order valence-corrected chi connectivity index (χ0v) is 28.5. The Morgan fingerprint density at radius 1 is 0.562 bits per heavy atom. The third-order valence-corrected chi connectivity index (χ3v) is 0.642. The first-order valence-corrected chi connectivity index (χ1v) is 7.06. The van der Waals surface area contributed by atoms with Gasteiger partial charge in [-0.15, -0.1) is 0 Å².